The van der Waals surface area contributed by atoms with Crippen LogP contribution in [-0.4, -0.2) is 24.7 Å². The van der Waals surface area contributed by atoms with Crippen molar-refractivity contribution in [3.05, 3.63) is 101 Å². The van der Waals surface area contributed by atoms with Crippen LogP contribution in [-0.2, 0) is 12.3 Å². The molecule has 0 N–H and O–H groups in total. The molecule has 3 heterocycles. The lowest BCUT2D eigenvalue weighted by Crippen LogP contribution is -2.24. The zero-order valence-electron chi connectivity index (χ0n) is 16.7. The Hall–Kier alpha value is -3.85. The molecule has 158 valence electrons. The summed E-state index contributed by atoms with van der Waals surface area (Å²) in [6, 6.07) is 16.9. The Labute approximate surface area is 186 Å². The molecule has 0 unspecified atom stereocenters. The van der Waals surface area contributed by atoms with Gasteiger partial charge in [-0.1, -0.05) is 35.1 Å². The number of benzene rings is 2. The van der Waals surface area contributed by atoms with Crippen molar-refractivity contribution in [2.75, 3.05) is 0 Å². The van der Waals surface area contributed by atoms with Gasteiger partial charge in [0, 0.05) is 18.0 Å². The molecule has 0 saturated carbocycles. The maximum Gasteiger partial charge on any atom is 0.262 e. The molecule has 0 spiro atoms. The Morgan fingerprint density at radius 1 is 1.00 bits per heavy atom. The average molecular weight is 445 g/mol. The number of nitrogens with zero attached hydrogens (tertiary/aromatic N) is 5. The van der Waals surface area contributed by atoms with Gasteiger partial charge in [0.15, 0.2) is 5.16 Å². The van der Waals surface area contributed by atoms with Crippen LogP contribution in [0.1, 0.15) is 11.5 Å². The van der Waals surface area contributed by atoms with E-state index in [4.69, 9.17) is 9.51 Å². The second-order valence-electron chi connectivity index (χ2n) is 6.97. The van der Waals surface area contributed by atoms with Gasteiger partial charge in [0.2, 0.25) is 11.7 Å². The molecular weight excluding hydrogens is 429 g/mol. The van der Waals surface area contributed by atoms with Gasteiger partial charge in [-0.25, -0.2) is 9.37 Å². The third kappa shape index (κ3) is 4.15. The molecule has 0 aliphatic heterocycles. The molecule has 0 saturated heterocycles. The number of para-hydroxylation sites is 1. The molecule has 0 aliphatic rings. The average Bonchev–Trinajstić information content (AvgIpc) is 3.30. The van der Waals surface area contributed by atoms with Crippen molar-refractivity contribution in [3.8, 4) is 11.4 Å². The molecule has 7 nitrogen and oxygen atoms in total. The first-order chi connectivity index (χ1) is 15.7. The Balaban J connectivity index is 1.45. The zero-order valence-corrected chi connectivity index (χ0v) is 17.5. The highest BCUT2D eigenvalue weighted by atomic mass is 32.2. The van der Waals surface area contributed by atoms with E-state index in [1.807, 2.05) is 30.3 Å². The third-order valence-corrected chi connectivity index (χ3v) is 5.75. The van der Waals surface area contributed by atoms with E-state index in [1.54, 1.807) is 35.2 Å². The van der Waals surface area contributed by atoms with E-state index in [0.29, 0.717) is 45.6 Å². The van der Waals surface area contributed by atoms with Crippen LogP contribution in [0.5, 0.6) is 0 Å². The first-order valence-electron chi connectivity index (χ1n) is 9.77. The van der Waals surface area contributed by atoms with Crippen molar-refractivity contribution in [2.45, 2.75) is 17.5 Å². The predicted molar refractivity (Wildman–Crippen MR) is 119 cm³/mol. The molecule has 0 bridgehead atoms. The van der Waals surface area contributed by atoms with Gasteiger partial charge in [-0.3, -0.25) is 14.3 Å². The highest BCUT2D eigenvalue weighted by molar-refractivity contribution is 7.98. The number of fused-ring (bicyclic) bond motifs is 1. The van der Waals surface area contributed by atoms with Gasteiger partial charge in [0.05, 0.1) is 23.2 Å². The highest BCUT2D eigenvalue weighted by Crippen LogP contribution is 2.24. The quantitative estimate of drug-likeness (QED) is 0.284. The van der Waals surface area contributed by atoms with Crippen molar-refractivity contribution in [1.82, 2.24) is 24.7 Å². The topological polar surface area (TPSA) is 86.7 Å². The molecular formula is C23H16FN5O2S. The second kappa shape index (κ2) is 8.72. The first-order valence-corrected chi connectivity index (χ1v) is 10.8. The van der Waals surface area contributed by atoms with Crippen LogP contribution in [0.25, 0.3) is 22.3 Å². The number of hydrogen-bond acceptors (Lipinski definition) is 7. The maximum atomic E-state index is 13.2. The van der Waals surface area contributed by atoms with E-state index in [1.165, 1.54) is 23.9 Å². The largest absolute Gasteiger partial charge is 0.338 e. The third-order valence-electron chi connectivity index (χ3n) is 4.79. The SMILES string of the molecule is O=c1c2ccccc2nc(SCc2nc(-c3ccc(F)cc3)no2)n1Cc1cccnc1. The smallest absolute Gasteiger partial charge is 0.262 e. The summed E-state index contributed by atoms with van der Waals surface area (Å²) in [4.78, 5) is 26.4. The van der Waals surface area contributed by atoms with Crippen molar-refractivity contribution in [1.29, 1.82) is 0 Å². The first kappa shape index (κ1) is 20.1. The summed E-state index contributed by atoms with van der Waals surface area (Å²) in [5, 5.41) is 5.06. The van der Waals surface area contributed by atoms with Gasteiger partial charge >= 0.3 is 0 Å². The lowest BCUT2D eigenvalue weighted by molar-refractivity contribution is 0.391. The monoisotopic (exact) mass is 445 g/mol. The summed E-state index contributed by atoms with van der Waals surface area (Å²) >= 11 is 1.33. The van der Waals surface area contributed by atoms with Gasteiger partial charge in [-0.15, -0.1) is 0 Å². The zero-order chi connectivity index (χ0) is 21.9. The van der Waals surface area contributed by atoms with Crippen molar-refractivity contribution < 1.29 is 8.91 Å². The molecule has 0 aliphatic carbocycles. The lowest BCUT2D eigenvalue weighted by Gasteiger charge is -2.12. The van der Waals surface area contributed by atoms with Gasteiger partial charge < -0.3 is 4.52 Å². The fourth-order valence-electron chi connectivity index (χ4n) is 3.23. The molecule has 9 heteroatoms. The van der Waals surface area contributed by atoms with E-state index >= 15 is 0 Å². The van der Waals surface area contributed by atoms with Crippen LogP contribution >= 0.6 is 11.8 Å². The van der Waals surface area contributed by atoms with Gasteiger partial charge in [-0.2, -0.15) is 4.98 Å². The molecule has 0 amide bonds. The highest BCUT2D eigenvalue weighted by Gasteiger charge is 2.15. The molecule has 5 aromatic rings. The van der Waals surface area contributed by atoms with Crippen molar-refractivity contribution in [2.24, 2.45) is 0 Å². The Kier molecular flexibility index (Phi) is 5.47. The summed E-state index contributed by atoms with van der Waals surface area (Å²) in [5.41, 5.74) is 2.05. The standard InChI is InChI=1S/C23H16FN5O2S/c24-17-9-7-16(8-10-17)21-27-20(31-28-21)14-32-23-26-19-6-2-1-5-18(19)22(30)29(23)13-15-4-3-11-25-12-15/h1-12H,13-14H2. The molecule has 0 atom stereocenters. The second-order valence-corrected chi connectivity index (χ2v) is 7.91. The number of pyridine rings is 1. The van der Waals surface area contributed by atoms with Crippen molar-refractivity contribution >= 4 is 22.7 Å². The summed E-state index contributed by atoms with van der Waals surface area (Å²) in [6.45, 7) is 0.345. The summed E-state index contributed by atoms with van der Waals surface area (Å²) in [5.74, 6) is 0.748. The molecule has 3 aromatic heterocycles. The predicted octanol–water partition coefficient (Wildman–Crippen LogP) is 4.32. The van der Waals surface area contributed by atoms with E-state index in [-0.39, 0.29) is 11.4 Å². The molecule has 0 radical (unpaired) electrons. The number of thioether (sulfide) groups is 1. The fourth-order valence-corrected chi connectivity index (χ4v) is 4.06. The van der Waals surface area contributed by atoms with Crippen LogP contribution in [0.3, 0.4) is 0 Å². The van der Waals surface area contributed by atoms with E-state index in [0.717, 1.165) is 5.56 Å². The van der Waals surface area contributed by atoms with Crippen LogP contribution in [0.4, 0.5) is 4.39 Å². The molecule has 0 fully saturated rings. The minimum atomic E-state index is -0.331. The van der Waals surface area contributed by atoms with E-state index in [2.05, 4.69) is 15.1 Å². The number of hydrogen-bond donors (Lipinski definition) is 0. The fraction of sp³-hybridized carbons (Fsp3) is 0.0870. The Morgan fingerprint density at radius 3 is 2.66 bits per heavy atom. The van der Waals surface area contributed by atoms with Crippen LogP contribution in [0.15, 0.2) is 87.5 Å². The summed E-state index contributed by atoms with van der Waals surface area (Å²) in [7, 11) is 0. The number of aromatic nitrogens is 5. The molecule has 5 rings (SSSR count). The van der Waals surface area contributed by atoms with Crippen molar-refractivity contribution in [3.63, 3.8) is 0 Å². The summed E-state index contributed by atoms with van der Waals surface area (Å²) < 4.78 is 20.1. The van der Waals surface area contributed by atoms with Crippen LogP contribution in [0, 0.1) is 5.82 Å². The minimum Gasteiger partial charge on any atom is -0.338 e. The molecule has 32 heavy (non-hydrogen) atoms. The van der Waals surface area contributed by atoms with Crippen LogP contribution < -0.4 is 5.56 Å². The molecule has 2 aromatic carbocycles. The minimum absolute atomic E-state index is 0.125. The Morgan fingerprint density at radius 2 is 1.84 bits per heavy atom. The maximum absolute atomic E-state index is 13.2. The van der Waals surface area contributed by atoms with Gasteiger partial charge in [-0.05, 0) is 48.0 Å². The van der Waals surface area contributed by atoms with Gasteiger partial charge in [0.1, 0.15) is 5.82 Å². The van der Waals surface area contributed by atoms with Crippen LogP contribution in [0.2, 0.25) is 0 Å². The number of rotatable bonds is 6. The Bertz CT molecular complexity index is 1430. The lowest BCUT2D eigenvalue weighted by atomic mass is 10.2. The number of halogens is 1. The van der Waals surface area contributed by atoms with E-state index in [9.17, 15) is 9.18 Å². The summed E-state index contributed by atoms with van der Waals surface area (Å²) in [6.07, 6.45) is 3.41. The van der Waals surface area contributed by atoms with Gasteiger partial charge in [0.25, 0.3) is 5.56 Å². The normalized spacial score (nSPS) is 11.2. The van der Waals surface area contributed by atoms with E-state index < -0.39 is 0 Å².